The number of hydrogen-bond donors (Lipinski definition) is 1. The van der Waals surface area contributed by atoms with Gasteiger partial charge in [0.2, 0.25) is 11.8 Å². The number of aromatic nitrogens is 2. The highest BCUT2D eigenvalue weighted by atomic mass is 35.5. The number of anilines is 1. The third-order valence-electron chi connectivity index (χ3n) is 5.11. The number of rotatable bonds is 10. The highest BCUT2D eigenvalue weighted by Crippen LogP contribution is 2.32. The molecule has 0 unspecified atom stereocenters. The van der Waals surface area contributed by atoms with Crippen LogP contribution in [0.2, 0.25) is 5.02 Å². The van der Waals surface area contributed by atoms with Gasteiger partial charge >= 0.3 is 0 Å². The van der Waals surface area contributed by atoms with E-state index >= 15 is 0 Å². The summed E-state index contributed by atoms with van der Waals surface area (Å²) in [6.45, 7) is 0. The molecule has 1 heterocycles. The van der Waals surface area contributed by atoms with E-state index in [0.717, 1.165) is 17.3 Å². The van der Waals surface area contributed by atoms with E-state index in [-0.39, 0.29) is 22.7 Å². The molecule has 1 N–H and O–H groups in total. The van der Waals surface area contributed by atoms with Gasteiger partial charge in [-0.1, -0.05) is 41.6 Å². The predicted molar refractivity (Wildman–Crippen MR) is 143 cm³/mol. The Morgan fingerprint density at radius 2 is 1.70 bits per heavy atom. The number of carbonyl (C=O) groups is 2. The maximum atomic E-state index is 12.4. The highest BCUT2D eigenvalue weighted by Gasteiger charge is 2.14. The maximum absolute atomic E-state index is 12.4. The number of nitrogens with one attached hydrogen (secondary N) is 1. The second kappa shape index (κ2) is 12.2. The molecular weight excluding hydrogens is 514 g/mol. The number of amides is 1. The molecule has 0 aliphatic heterocycles. The van der Waals surface area contributed by atoms with E-state index in [4.69, 9.17) is 25.5 Å². The normalized spacial score (nSPS) is 10.9. The first-order chi connectivity index (χ1) is 17.9. The van der Waals surface area contributed by atoms with Crippen molar-refractivity contribution in [3.63, 3.8) is 0 Å². The molecule has 1 aromatic heterocycles. The van der Waals surface area contributed by atoms with Crippen LogP contribution in [0.1, 0.15) is 15.9 Å². The summed E-state index contributed by atoms with van der Waals surface area (Å²) in [6, 6.07) is 19.1. The van der Waals surface area contributed by atoms with Gasteiger partial charge in [-0.3, -0.25) is 9.59 Å². The lowest BCUT2D eigenvalue weighted by molar-refractivity contribution is -0.113. The number of allylic oxidation sites excluding steroid dienone is 1. The van der Waals surface area contributed by atoms with Crippen LogP contribution in [-0.4, -0.2) is 41.9 Å². The molecule has 0 radical (unpaired) electrons. The van der Waals surface area contributed by atoms with Crippen LogP contribution in [0.25, 0.3) is 17.5 Å². The number of ether oxygens (including phenoxy) is 2. The molecule has 188 valence electrons. The average Bonchev–Trinajstić information content (AvgIpc) is 3.40. The summed E-state index contributed by atoms with van der Waals surface area (Å²) in [5, 5.41) is 11.7. The number of hydrogen-bond acceptors (Lipinski definition) is 8. The van der Waals surface area contributed by atoms with Crippen molar-refractivity contribution >= 4 is 46.8 Å². The Balaban J connectivity index is 1.29. The number of halogens is 1. The Bertz CT molecular complexity index is 1420. The summed E-state index contributed by atoms with van der Waals surface area (Å²) in [7, 11) is 3.10. The highest BCUT2D eigenvalue weighted by molar-refractivity contribution is 7.99. The molecule has 0 saturated carbocycles. The molecule has 3 aromatic carbocycles. The SMILES string of the molecule is COc1ccc(-c2nnc(SCC(=O)Nc3ccc(C(=O)/C=C/c4ccc(Cl)cc4)cc3)o2)cc1OC. The maximum Gasteiger partial charge on any atom is 0.277 e. The van der Waals surface area contributed by atoms with E-state index < -0.39 is 0 Å². The van der Waals surface area contributed by atoms with Crippen LogP contribution < -0.4 is 14.8 Å². The van der Waals surface area contributed by atoms with Crippen molar-refractivity contribution in [3.8, 4) is 23.0 Å². The third-order valence-corrected chi connectivity index (χ3v) is 6.18. The largest absolute Gasteiger partial charge is 0.493 e. The molecule has 10 heteroatoms. The van der Waals surface area contributed by atoms with E-state index in [0.29, 0.717) is 39.2 Å². The molecule has 37 heavy (non-hydrogen) atoms. The number of nitrogens with zero attached hydrogens (tertiary/aromatic N) is 2. The zero-order chi connectivity index (χ0) is 26.2. The minimum atomic E-state index is -0.252. The van der Waals surface area contributed by atoms with Crippen LogP contribution in [0.4, 0.5) is 5.69 Å². The smallest absolute Gasteiger partial charge is 0.277 e. The number of carbonyl (C=O) groups excluding carboxylic acids is 2. The molecule has 0 saturated heterocycles. The second-order valence-corrected chi connectivity index (χ2v) is 8.97. The quantitative estimate of drug-likeness (QED) is 0.149. The fourth-order valence-electron chi connectivity index (χ4n) is 3.24. The minimum absolute atomic E-state index is 0.0675. The Hall–Kier alpha value is -4.08. The first-order valence-electron chi connectivity index (χ1n) is 11.0. The first kappa shape index (κ1) is 26.0. The summed E-state index contributed by atoms with van der Waals surface area (Å²) in [5.41, 5.74) is 2.61. The predicted octanol–water partition coefficient (Wildman–Crippen LogP) is 6.03. The van der Waals surface area contributed by atoms with Crippen LogP contribution in [0.15, 0.2) is 82.4 Å². The fraction of sp³-hybridized carbons (Fsp3) is 0.111. The van der Waals surface area contributed by atoms with Crippen molar-refractivity contribution in [2.24, 2.45) is 0 Å². The molecule has 1 amide bonds. The third kappa shape index (κ3) is 6.99. The summed E-state index contributed by atoms with van der Waals surface area (Å²) in [4.78, 5) is 24.8. The molecule has 0 bridgehead atoms. The standard InChI is InChI=1S/C27H22ClN3O5S/c1-34-23-14-8-19(15-24(23)35-2)26-30-31-27(36-26)37-16-25(33)29-21-11-6-18(7-12-21)22(32)13-5-17-3-9-20(28)10-4-17/h3-15H,16H2,1-2H3,(H,29,33)/b13-5+. The fourth-order valence-corrected chi connectivity index (χ4v) is 3.93. The summed E-state index contributed by atoms with van der Waals surface area (Å²) in [6.07, 6.45) is 3.22. The number of thioether (sulfide) groups is 1. The number of ketones is 1. The molecule has 0 aliphatic carbocycles. The monoisotopic (exact) mass is 535 g/mol. The first-order valence-corrected chi connectivity index (χ1v) is 12.4. The Morgan fingerprint density at radius 3 is 2.41 bits per heavy atom. The van der Waals surface area contributed by atoms with Crippen molar-refractivity contribution in [2.75, 3.05) is 25.3 Å². The summed E-state index contributed by atoms with van der Waals surface area (Å²) < 4.78 is 16.2. The Kier molecular flexibility index (Phi) is 8.60. The van der Waals surface area contributed by atoms with Gasteiger partial charge in [0.05, 0.1) is 20.0 Å². The Morgan fingerprint density at radius 1 is 0.973 bits per heavy atom. The summed E-state index contributed by atoms with van der Waals surface area (Å²) in [5.74, 6) is 1.09. The van der Waals surface area contributed by atoms with Gasteiger partial charge in [-0.25, -0.2) is 0 Å². The van der Waals surface area contributed by atoms with Crippen LogP contribution >= 0.6 is 23.4 Å². The lowest BCUT2D eigenvalue weighted by Crippen LogP contribution is -2.14. The number of methoxy groups -OCH3 is 2. The van der Waals surface area contributed by atoms with Gasteiger partial charge in [-0.05, 0) is 66.2 Å². The molecule has 4 aromatic rings. The Labute approximate surface area is 222 Å². The van der Waals surface area contributed by atoms with E-state index in [1.807, 2.05) is 12.1 Å². The van der Waals surface area contributed by atoms with Gasteiger partial charge in [0.1, 0.15) is 0 Å². The molecule has 0 fully saturated rings. The second-order valence-electron chi connectivity index (χ2n) is 7.61. The topological polar surface area (TPSA) is 104 Å². The zero-order valence-electron chi connectivity index (χ0n) is 19.9. The lowest BCUT2D eigenvalue weighted by atomic mass is 10.1. The molecule has 0 atom stereocenters. The van der Waals surface area contributed by atoms with Crippen molar-refractivity contribution in [1.82, 2.24) is 10.2 Å². The van der Waals surface area contributed by atoms with Gasteiger partial charge < -0.3 is 19.2 Å². The molecular formula is C27H22ClN3O5S. The van der Waals surface area contributed by atoms with E-state index in [1.54, 1.807) is 74.9 Å². The van der Waals surface area contributed by atoms with Gasteiger partial charge in [0.25, 0.3) is 5.22 Å². The molecule has 0 spiro atoms. The van der Waals surface area contributed by atoms with E-state index in [1.165, 1.54) is 6.08 Å². The zero-order valence-corrected chi connectivity index (χ0v) is 21.5. The van der Waals surface area contributed by atoms with Gasteiger partial charge in [-0.2, -0.15) is 0 Å². The molecule has 8 nitrogen and oxygen atoms in total. The van der Waals surface area contributed by atoms with Gasteiger partial charge in [0, 0.05) is 21.8 Å². The average molecular weight is 536 g/mol. The van der Waals surface area contributed by atoms with E-state index in [2.05, 4.69) is 15.5 Å². The van der Waals surface area contributed by atoms with Crippen molar-refractivity contribution in [2.45, 2.75) is 5.22 Å². The minimum Gasteiger partial charge on any atom is -0.493 e. The van der Waals surface area contributed by atoms with Crippen LogP contribution in [0.5, 0.6) is 11.5 Å². The van der Waals surface area contributed by atoms with Crippen molar-refractivity contribution in [3.05, 3.63) is 89.0 Å². The van der Waals surface area contributed by atoms with Crippen LogP contribution in [0, 0.1) is 0 Å². The van der Waals surface area contributed by atoms with Gasteiger partial charge in [0.15, 0.2) is 17.3 Å². The molecule has 4 rings (SSSR count). The van der Waals surface area contributed by atoms with Gasteiger partial charge in [-0.15, -0.1) is 10.2 Å². The van der Waals surface area contributed by atoms with E-state index in [9.17, 15) is 9.59 Å². The lowest BCUT2D eigenvalue weighted by Gasteiger charge is -2.07. The van der Waals surface area contributed by atoms with Crippen LogP contribution in [0.3, 0.4) is 0 Å². The van der Waals surface area contributed by atoms with Crippen molar-refractivity contribution < 1.29 is 23.5 Å². The molecule has 0 aliphatic rings. The summed E-state index contributed by atoms with van der Waals surface area (Å²) >= 11 is 6.99. The van der Waals surface area contributed by atoms with Crippen molar-refractivity contribution in [1.29, 1.82) is 0 Å². The number of benzene rings is 3. The van der Waals surface area contributed by atoms with Crippen LogP contribution in [-0.2, 0) is 4.79 Å².